The number of allylic oxidation sites excluding steroid dienone is 2. The number of ether oxygens (including phenoxy) is 2. The number of hydrogen-bond donors (Lipinski definition) is 0. The van der Waals surface area contributed by atoms with Crippen LogP contribution in [0, 0.1) is 0 Å². The maximum absolute atomic E-state index is 12.6. The highest BCUT2D eigenvalue weighted by molar-refractivity contribution is 8.04. The molecule has 1 aliphatic heterocycles. The van der Waals surface area contributed by atoms with Crippen molar-refractivity contribution in [1.29, 1.82) is 0 Å². The first-order valence-electron chi connectivity index (χ1n) is 8.88. The van der Waals surface area contributed by atoms with Gasteiger partial charge in [0.1, 0.15) is 17.0 Å². The van der Waals surface area contributed by atoms with Crippen molar-refractivity contribution in [2.24, 2.45) is 0 Å². The number of anilines is 1. The number of fused-ring (bicyclic) bond motifs is 2. The van der Waals surface area contributed by atoms with Crippen molar-refractivity contribution in [3.63, 3.8) is 0 Å². The van der Waals surface area contributed by atoms with Gasteiger partial charge < -0.3 is 18.8 Å². The van der Waals surface area contributed by atoms with Gasteiger partial charge in [-0.3, -0.25) is 0 Å². The van der Waals surface area contributed by atoms with Crippen LogP contribution in [0.2, 0.25) is 0 Å². The zero-order chi connectivity index (χ0) is 19.1. The van der Waals surface area contributed by atoms with E-state index >= 15 is 0 Å². The number of nitrogens with zero attached hydrogens (tertiary/aromatic N) is 1. The van der Waals surface area contributed by atoms with Gasteiger partial charge in [-0.2, -0.15) is 0 Å². The Kier molecular flexibility index (Phi) is 5.10. The van der Waals surface area contributed by atoms with E-state index in [0.717, 1.165) is 31.4 Å². The summed E-state index contributed by atoms with van der Waals surface area (Å²) < 4.78 is 15.7. The summed E-state index contributed by atoms with van der Waals surface area (Å²) in [5.74, 6) is -0.619. The first-order valence-corrected chi connectivity index (χ1v) is 9.69. The second-order valence-electron chi connectivity index (χ2n) is 6.66. The van der Waals surface area contributed by atoms with Crippen LogP contribution in [0.1, 0.15) is 73.1 Å². The van der Waals surface area contributed by atoms with Gasteiger partial charge in [-0.05, 0) is 33.6 Å². The monoisotopic (exact) mass is 379 g/mol. The minimum absolute atomic E-state index is 0.0676. The van der Waals surface area contributed by atoms with Crippen LogP contribution in [0.3, 0.4) is 0 Å². The van der Waals surface area contributed by atoms with Gasteiger partial charge in [-0.15, -0.1) is 11.8 Å². The van der Waals surface area contributed by atoms with E-state index in [0.29, 0.717) is 18.0 Å². The lowest BCUT2D eigenvalue weighted by molar-refractivity contribution is 0.0526. The Bertz CT molecular complexity index is 773. The van der Waals surface area contributed by atoms with Gasteiger partial charge in [0.05, 0.1) is 19.0 Å². The molecule has 2 heterocycles. The first kappa shape index (κ1) is 18.9. The summed E-state index contributed by atoms with van der Waals surface area (Å²) in [5, 5.41) is 0. The average Bonchev–Trinajstić information content (AvgIpc) is 3.24. The molecule has 1 aliphatic carbocycles. The van der Waals surface area contributed by atoms with E-state index in [-0.39, 0.29) is 16.1 Å². The summed E-state index contributed by atoms with van der Waals surface area (Å²) in [6.07, 6.45) is 4.07. The molecule has 26 heavy (non-hydrogen) atoms. The minimum atomic E-state index is -0.661. The summed E-state index contributed by atoms with van der Waals surface area (Å²) in [6, 6.07) is 0. The van der Waals surface area contributed by atoms with E-state index < -0.39 is 11.9 Å². The van der Waals surface area contributed by atoms with Gasteiger partial charge in [-0.1, -0.05) is 12.8 Å². The summed E-state index contributed by atoms with van der Waals surface area (Å²) in [6.45, 7) is 6.81. The second kappa shape index (κ2) is 7.02. The fourth-order valence-corrected chi connectivity index (χ4v) is 5.53. The Labute approximate surface area is 157 Å². The SMILES string of the molecule is CCN1C(C)=C(C)SC2(CCCC2)c2oc(C(=O)OC)c(C(=O)OC)c21. The van der Waals surface area contributed by atoms with Gasteiger partial charge in [0.2, 0.25) is 5.76 Å². The Morgan fingerprint density at radius 2 is 1.77 bits per heavy atom. The molecule has 0 amide bonds. The van der Waals surface area contributed by atoms with Crippen LogP contribution in [-0.4, -0.2) is 32.7 Å². The van der Waals surface area contributed by atoms with Crippen LogP contribution in [0.4, 0.5) is 5.69 Å². The number of carbonyl (C=O) groups is 2. The topological polar surface area (TPSA) is 69.0 Å². The third-order valence-electron chi connectivity index (χ3n) is 5.32. The summed E-state index contributed by atoms with van der Waals surface area (Å²) >= 11 is 1.79. The van der Waals surface area contributed by atoms with E-state index in [1.54, 1.807) is 11.8 Å². The van der Waals surface area contributed by atoms with Crippen LogP contribution in [0.25, 0.3) is 0 Å². The zero-order valence-electron chi connectivity index (χ0n) is 15.9. The Morgan fingerprint density at radius 3 is 2.31 bits per heavy atom. The van der Waals surface area contributed by atoms with Crippen molar-refractivity contribution in [1.82, 2.24) is 0 Å². The molecule has 142 valence electrons. The van der Waals surface area contributed by atoms with Crippen molar-refractivity contribution in [2.45, 2.75) is 51.2 Å². The molecule has 7 heteroatoms. The van der Waals surface area contributed by atoms with Crippen molar-refractivity contribution in [3.8, 4) is 0 Å². The molecule has 6 nitrogen and oxygen atoms in total. The van der Waals surface area contributed by atoms with Crippen LogP contribution >= 0.6 is 11.8 Å². The number of hydrogen-bond acceptors (Lipinski definition) is 7. The molecular weight excluding hydrogens is 354 g/mol. The fraction of sp³-hybridized carbons (Fsp3) is 0.579. The highest BCUT2D eigenvalue weighted by Crippen LogP contribution is 2.59. The van der Waals surface area contributed by atoms with Crippen molar-refractivity contribution in [2.75, 3.05) is 25.7 Å². The normalized spacial score (nSPS) is 18.7. The molecule has 0 saturated heterocycles. The number of rotatable bonds is 3. The molecule has 1 saturated carbocycles. The highest BCUT2D eigenvalue weighted by atomic mass is 32.2. The van der Waals surface area contributed by atoms with Crippen molar-refractivity contribution >= 4 is 29.4 Å². The van der Waals surface area contributed by atoms with Gasteiger partial charge in [0.15, 0.2) is 0 Å². The maximum atomic E-state index is 12.6. The number of esters is 2. The molecule has 1 fully saturated rings. The predicted octanol–water partition coefficient (Wildman–Crippen LogP) is 4.45. The molecule has 2 aliphatic rings. The molecule has 3 rings (SSSR count). The smallest absolute Gasteiger partial charge is 0.374 e. The molecule has 1 aromatic rings. The first-order chi connectivity index (χ1) is 12.4. The highest BCUT2D eigenvalue weighted by Gasteiger charge is 2.48. The van der Waals surface area contributed by atoms with E-state index in [4.69, 9.17) is 13.9 Å². The number of furan rings is 1. The molecular formula is C19H25NO5S. The van der Waals surface area contributed by atoms with Crippen LogP contribution in [0.5, 0.6) is 0 Å². The third kappa shape index (κ3) is 2.73. The van der Waals surface area contributed by atoms with E-state index in [2.05, 4.69) is 6.92 Å². The molecule has 0 radical (unpaired) electrons. The largest absolute Gasteiger partial charge is 0.465 e. The van der Waals surface area contributed by atoms with Crippen LogP contribution < -0.4 is 4.90 Å². The Morgan fingerprint density at radius 1 is 1.15 bits per heavy atom. The standard InChI is InChI=1S/C19H25NO5S/c1-6-20-11(2)12(3)26-19(9-7-8-10-19)16-14(20)13(17(21)23-4)15(25-16)18(22)24-5/h6-10H2,1-5H3. The van der Waals surface area contributed by atoms with Crippen molar-refractivity contribution in [3.05, 3.63) is 27.7 Å². The molecule has 0 unspecified atom stereocenters. The third-order valence-corrected chi connectivity index (χ3v) is 6.90. The Hall–Kier alpha value is -1.89. The molecule has 1 aromatic heterocycles. The molecule has 0 aromatic carbocycles. The predicted molar refractivity (Wildman–Crippen MR) is 101 cm³/mol. The summed E-state index contributed by atoms with van der Waals surface area (Å²) in [4.78, 5) is 28.2. The molecule has 0 bridgehead atoms. The number of carbonyl (C=O) groups excluding carboxylic acids is 2. The van der Waals surface area contributed by atoms with E-state index in [9.17, 15) is 9.59 Å². The lowest BCUT2D eigenvalue weighted by atomic mass is 10.00. The maximum Gasteiger partial charge on any atom is 0.374 e. The van der Waals surface area contributed by atoms with Crippen LogP contribution in [-0.2, 0) is 14.2 Å². The minimum Gasteiger partial charge on any atom is -0.465 e. The van der Waals surface area contributed by atoms with Crippen molar-refractivity contribution < 1.29 is 23.5 Å². The molecule has 0 atom stereocenters. The van der Waals surface area contributed by atoms with E-state index in [1.807, 2.05) is 18.7 Å². The quantitative estimate of drug-likeness (QED) is 0.719. The average molecular weight is 379 g/mol. The number of methoxy groups -OCH3 is 2. The number of thioether (sulfide) groups is 1. The lowest BCUT2D eigenvalue weighted by Gasteiger charge is -2.26. The molecule has 1 spiro atoms. The lowest BCUT2D eigenvalue weighted by Crippen LogP contribution is -2.25. The van der Waals surface area contributed by atoms with Gasteiger partial charge in [-0.25, -0.2) is 9.59 Å². The van der Waals surface area contributed by atoms with Crippen LogP contribution in [0.15, 0.2) is 15.0 Å². The zero-order valence-corrected chi connectivity index (χ0v) is 16.7. The van der Waals surface area contributed by atoms with Gasteiger partial charge >= 0.3 is 11.9 Å². The fourth-order valence-electron chi connectivity index (χ4n) is 3.96. The second-order valence-corrected chi connectivity index (χ2v) is 8.25. The summed E-state index contributed by atoms with van der Waals surface area (Å²) in [5.41, 5.74) is 1.88. The van der Waals surface area contributed by atoms with Gasteiger partial charge in [0, 0.05) is 17.1 Å². The van der Waals surface area contributed by atoms with E-state index in [1.165, 1.54) is 19.1 Å². The van der Waals surface area contributed by atoms with Gasteiger partial charge in [0.25, 0.3) is 0 Å². The molecule has 0 N–H and O–H groups in total. The summed E-state index contributed by atoms with van der Waals surface area (Å²) in [7, 11) is 2.59. The Balaban J connectivity index is 2.37.